The summed E-state index contributed by atoms with van der Waals surface area (Å²) < 4.78 is 23.1. The average molecular weight is 289 g/mol. The summed E-state index contributed by atoms with van der Waals surface area (Å²) in [5.41, 5.74) is 0.809. The fourth-order valence-corrected chi connectivity index (χ4v) is 4.07. The maximum absolute atomic E-state index is 11.5. The third kappa shape index (κ3) is 3.29. The topological polar surface area (TPSA) is 84.3 Å². The molecule has 1 N–H and O–H groups in total. The number of carboxylic acids is 1. The van der Waals surface area contributed by atoms with E-state index >= 15 is 0 Å². The van der Waals surface area contributed by atoms with Gasteiger partial charge >= 0.3 is 5.97 Å². The number of hydrogen-bond acceptors (Lipinski definition) is 5. The van der Waals surface area contributed by atoms with Crippen molar-refractivity contribution in [2.75, 3.05) is 5.75 Å². The van der Waals surface area contributed by atoms with Crippen LogP contribution >= 0.6 is 11.3 Å². The Kier molecular flexibility index (Phi) is 3.72. The van der Waals surface area contributed by atoms with E-state index < -0.39 is 15.8 Å². The van der Waals surface area contributed by atoms with Crippen molar-refractivity contribution in [2.24, 2.45) is 0 Å². The van der Waals surface area contributed by atoms with Crippen molar-refractivity contribution in [1.29, 1.82) is 0 Å². The lowest BCUT2D eigenvalue weighted by molar-refractivity contribution is -0.136. The van der Waals surface area contributed by atoms with Gasteiger partial charge in [-0.1, -0.05) is 6.92 Å². The second-order valence-electron chi connectivity index (χ2n) is 4.44. The first-order valence-corrected chi connectivity index (χ1v) is 8.45. The van der Waals surface area contributed by atoms with Crippen LogP contribution in [0.3, 0.4) is 0 Å². The van der Waals surface area contributed by atoms with Gasteiger partial charge in [0.25, 0.3) is 0 Å². The molecule has 0 atom stereocenters. The van der Waals surface area contributed by atoms with Crippen molar-refractivity contribution < 1.29 is 18.3 Å². The highest BCUT2D eigenvalue weighted by Crippen LogP contribution is 2.43. The van der Waals surface area contributed by atoms with Gasteiger partial charge in [-0.25, -0.2) is 13.4 Å². The van der Waals surface area contributed by atoms with E-state index in [1.54, 1.807) is 6.92 Å². The van der Waals surface area contributed by atoms with Crippen molar-refractivity contribution in [2.45, 2.75) is 37.9 Å². The molecule has 0 unspecified atom stereocenters. The molecule has 1 saturated carbocycles. The number of sulfone groups is 1. The standard InChI is InChI=1S/C11H15NO4S2/c1-2-18(15,16)6-9-12-11(7-3-4-7)8(17-9)5-10(13)14/h7H,2-6H2,1H3,(H,13,14). The van der Waals surface area contributed by atoms with Gasteiger partial charge in [-0.15, -0.1) is 11.3 Å². The van der Waals surface area contributed by atoms with Gasteiger partial charge in [-0.3, -0.25) is 4.79 Å². The van der Waals surface area contributed by atoms with Crippen molar-refractivity contribution >= 4 is 27.1 Å². The molecule has 0 amide bonds. The molecule has 0 bridgehead atoms. The normalized spacial score (nSPS) is 15.8. The zero-order valence-corrected chi connectivity index (χ0v) is 11.7. The first-order valence-electron chi connectivity index (χ1n) is 5.82. The monoisotopic (exact) mass is 289 g/mol. The molecule has 1 aliphatic carbocycles. The summed E-state index contributed by atoms with van der Waals surface area (Å²) in [5, 5.41) is 9.37. The quantitative estimate of drug-likeness (QED) is 0.859. The number of hydrogen-bond donors (Lipinski definition) is 1. The minimum atomic E-state index is -3.11. The first-order chi connectivity index (χ1) is 8.41. The molecule has 0 aromatic carbocycles. The Morgan fingerprint density at radius 3 is 2.67 bits per heavy atom. The minimum absolute atomic E-state index is 0.0598. The summed E-state index contributed by atoms with van der Waals surface area (Å²) in [5.74, 6) is -0.549. The molecular weight excluding hydrogens is 274 g/mol. The van der Waals surface area contributed by atoms with E-state index in [1.165, 1.54) is 11.3 Å². The molecule has 0 radical (unpaired) electrons. The maximum atomic E-state index is 11.5. The fraction of sp³-hybridized carbons (Fsp3) is 0.636. The van der Waals surface area contributed by atoms with Crippen LogP contribution in [0, 0.1) is 0 Å². The van der Waals surface area contributed by atoms with Crippen LogP contribution in [0.4, 0.5) is 0 Å². The zero-order chi connectivity index (χ0) is 13.3. The van der Waals surface area contributed by atoms with Gasteiger partial charge in [0.2, 0.25) is 0 Å². The number of carbonyl (C=O) groups is 1. The van der Waals surface area contributed by atoms with Crippen LogP contribution in [0.1, 0.15) is 41.3 Å². The molecule has 0 aliphatic heterocycles. The van der Waals surface area contributed by atoms with Gasteiger partial charge < -0.3 is 5.11 Å². The number of aromatic nitrogens is 1. The van der Waals surface area contributed by atoms with Crippen molar-refractivity contribution in [3.05, 3.63) is 15.6 Å². The Bertz CT molecular complexity index is 558. The second-order valence-corrected chi connectivity index (χ2v) is 7.96. The predicted octanol–water partition coefficient (Wildman–Crippen LogP) is 1.58. The SMILES string of the molecule is CCS(=O)(=O)Cc1nc(C2CC2)c(CC(=O)O)s1. The molecule has 2 rings (SSSR count). The number of thiazole rings is 1. The maximum Gasteiger partial charge on any atom is 0.308 e. The lowest BCUT2D eigenvalue weighted by Crippen LogP contribution is -2.06. The summed E-state index contributed by atoms with van der Waals surface area (Å²) in [6.07, 6.45) is 1.99. The van der Waals surface area contributed by atoms with Crippen LogP contribution in [0.5, 0.6) is 0 Å². The summed E-state index contributed by atoms with van der Waals surface area (Å²) in [6, 6.07) is 0. The van der Waals surface area contributed by atoms with E-state index in [-0.39, 0.29) is 17.9 Å². The lowest BCUT2D eigenvalue weighted by atomic mass is 10.2. The van der Waals surface area contributed by atoms with E-state index in [0.717, 1.165) is 18.5 Å². The minimum Gasteiger partial charge on any atom is -0.481 e. The molecule has 1 fully saturated rings. The molecule has 7 heteroatoms. The second kappa shape index (κ2) is 4.97. The van der Waals surface area contributed by atoms with Gasteiger partial charge in [0.05, 0.1) is 12.1 Å². The highest BCUT2D eigenvalue weighted by atomic mass is 32.2. The summed E-state index contributed by atoms with van der Waals surface area (Å²) in [6.45, 7) is 1.60. The highest BCUT2D eigenvalue weighted by molar-refractivity contribution is 7.90. The van der Waals surface area contributed by atoms with Crippen LogP contribution in [0.15, 0.2) is 0 Å². The molecule has 18 heavy (non-hydrogen) atoms. The van der Waals surface area contributed by atoms with Crippen LogP contribution in [-0.2, 0) is 26.8 Å². The summed E-state index contributed by atoms with van der Waals surface area (Å²) in [4.78, 5) is 15.8. The smallest absolute Gasteiger partial charge is 0.308 e. The Morgan fingerprint density at radius 2 is 2.17 bits per heavy atom. The van der Waals surface area contributed by atoms with E-state index in [2.05, 4.69) is 4.98 Å². The number of aliphatic carboxylic acids is 1. The van der Waals surface area contributed by atoms with E-state index in [9.17, 15) is 13.2 Å². The average Bonchev–Trinajstić information content (AvgIpc) is 3.02. The molecule has 1 heterocycles. The predicted molar refractivity (Wildman–Crippen MR) is 68.6 cm³/mol. The van der Waals surface area contributed by atoms with E-state index in [4.69, 9.17) is 5.11 Å². The van der Waals surface area contributed by atoms with Crippen LogP contribution in [-0.4, -0.2) is 30.2 Å². The Balaban J connectivity index is 2.24. The highest BCUT2D eigenvalue weighted by Gasteiger charge is 2.30. The number of carboxylic acid groups (broad SMARTS) is 1. The molecule has 1 aromatic rings. The van der Waals surface area contributed by atoms with E-state index in [1.807, 2.05) is 0 Å². The largest absolute Gasteiger partial charge is 0.481 e. The molecule has 100 valence electrons. The fourth-order valence-electron chi connectivity index (χ4n) is 1.71. The lowest BCUT2D eigenvalue weighted by Gasteiger charge is -1.95. The molecule has 0 saturated heterocycles. The third-order valence-corrected chi connectivity index (χ3v) is 5.68. The molecule has 5 nitrogen and oxygen atoms in total. The van der Waals surface area contributed by atoms with Crippen LogP contribution in [0.25, 0.3) is 0 Å². The van der Waals surface area contributed by atoms with Gasteiger partial charge in [-0.05, 0) is 12.8 Å². The van der Waals surface area contributed by atoms with Crippen LogP contribution < -0.4 is 0 Å². The summed E-state index contributed by atoms with van der Waals surface area (Å²) in [7, 11) is -3.11. The Hall–Kier alpha value is -0.950. The Labute approximate surface area is 110 Å². The van der Waals surface area contributed by atoms with Gasteiger partial charge in [0.15, 0.2) is 9.84 Å². The zero-order valence-electron chi connectivity index (χ0n) is 10.0. The summed E-state index contributed by atoms with van der Waals surface area (Å²) >= 11 is 1.23. The van der Waals surface area contributed by atoms with Gasteiger partial charge in [-0.2, -0.15) is 0 Å². The first kappa shape index (κ1) is 13.5. The molecule has 1 aromatic heterocycles. The van der Waals surface area contributed by atoms with Gasteiger partial charge in [0.1, 0.15) is 10.8 Å². The molecule has 0 spiro atoms. The molecular formula is C11H15NO4S2. The van der Waals surface area contributed by atoms with E-state index in [0.29, 0.717) is 15.8 Å². The Morgan fingerprint density at radius 1 is 1.50 bits per heavy atom. The van der Waals surface area contributed by atoms with Crippen LogP contribution in [0.2, 0.25) is 0 Å². The van der Waals surface area contributed by atoms with Crippen molar-refractivity contribution in [3.63, 3.8) is 0 Å². The van der Waals surface area contributed by atoms with Gasteiger partial charge in [0, 0.05) is 16.5 Å². The molecule has 1 aliphatic rings. The third-order valence-electron chi connectivity index (χ3n) is 2.83. The van der Waals surface area contributed by atoms with Crippen molar-refractivity contribution in [1.82, 2.24) is 4.98 Å². The number of rotatable bonds is 6. The van der Waals surface area contributed by atoms with Crippen molar-refractivity contribution in [3.8, 4) is 0 Å². The number of nitrogens with zero attached hydrogens (tertiary/aromatic N) is 1.